The van der Waals surface area contributed by atoms with Crippen molar-refractivity contribution in [3.05, 3.63) is 76.1 Å². The van der Waals surface area contributed by atoms with Gasteiger partial charge >= 0.3 is 12.2 Å². The average molecular weight is 470 g/mol. The Morgan fingerprint density at radius 2 is 1.79 bits per heavy atom. The van der Waals surface area contributed by atoms with Crippen LogP contribution in [0.15, 0.2) is 69.4 Å². The zero-order valence-electron chi connectivity index (χ0n) is 16.5. The zero-order chi connectivity index (χ0) is 23.0. The van der Waals surface area contributed by atoms with E-state index in [1.54, 1.807) is 12.1 Å². The van der Waals surface area contributed by atoms with Crippen LogP contribution in [-0.2, 0) is 11.0 Å². The molecule has 0 saturated carbocycles. The molecule has 5 rings (SSSR count). The van der Waals surface area contributed by atoms with Crippen LogP contribution in [0.5, 0.6) is 0 Å². The van der Waals surface area contributed by atoms with Gasteiger partial charge in [0.2, 0.25) is 6.17 Å². The molecule has 0 bridgehead atoms. The summed E-state index contributed by atoms with van der Waals surface area (Å²) in [5.41, 5.74) is 2.56. The predicted octanol–water partition coefficient (Wildman–Crippen LogP) is 4.44. The maximum atomic E-state index is 12.8. The predicted molar refractivity (Wildman–Crippen MR) is 115 cm³/mol. The third kappa shape index (κ3) is 4.20. The number of rotatable bonds is 4. The van der Waals surface area contributed by atoms with Crippen molar-refractivity contribution in [1.29, 1.82) is 0 Å². The minimum absolute atomic E-state index is 0.112. The van der Waals surface area contributed by atoms with Crippen LogP contribution in [0.25, 0.3) is 11.6 Å². The van der Waals surface area contributed by atoms with E-state index in [0.29, 0.717) is 22.7 Å². The lowest BCUT2D eigenvalue weighted by Crippen LogP contribution is -2.32. The van der Waals surface area contributed by atoms with Crippen molar-refractivity contribution < 1.29 is 22.4 Å². The van der Waals surface area contributed by atoms with Gasteiger partial charge in [0.1, 0.15) is 5.69 Å². The fourth-order valence-electron chi connectivity index (χ4n) is 3.19. The van der Waals surface area contributed by atoms with Gasteiger partial charge in [-0.15, -0.1) is 16.4 Å². The molecule has 0 spiro atoms. The van der Waals surface area contributed by atoms with Gasteiger partial charge in [-0.3, -0.25) is 4.79 Å². The summed E-state index contributed by atoms with van der Waals surface area (Å²) >= 11 is 0.420. The molecule has 2 N–H and O–H groups in total. The third-order valence-electron chi connectivity index (χ3n) is 4.64. The summed E-state index contributed by atoms with van der Waals surface area (Å²) in [7, 11) is 0. The van der Waals surface area contributed by atoms with E-state index in [-0.39, 0.29) is 17.6 Å². The number of para-hydroxylation sites is 1. The zero-order valence-corrected chi connectivity index (χ0v) is 17.3. The molecule has 0 radical (unpaired) electrons. The highest BCUT2D eigenvalue weighted by atomic mass is 32.1. The van der Waals surface area contributed by atoms with Gasteiger partial charge in [-0.2, -0.15) is 13.2 Å². The van der Waals surface area contributed by atoms with E-state index >= 15 is 0 Å². The van der Waals surface area contributed by atoms with Gasteiger partial charge < -0.3 is 15.1 Å². The van der Waals surface area contributed by atoms with Crippen LogP contribution in [0.2, 0.25) is 0 Å². The monoisotopic (exact) mass is 470 g/mol. The molecule has 1 atom stereocenters. The normalized spacial score (nSPS) is 15.9. The molecular formula is C21H13F3N6O2S. The number of nitrogens with one attached hydrogen (secondary N) is 2. The maximum absolute atomic E-state index is 12.8. The van der Waals surface area contributed by atoms with Crippen LogP contribution in [0, 0.1) is 0 Å². The number of nitrogens with zero attached hydrogens (tertiary/aromatic N) is 4. The van der Waals surface area contributed by atoms with Gasteiger partial charge in [0.05, 0.1) is 11.4 Å². The Labute approximate surface area is 188 Å². The highest BCUT2D eigenvalue weighted by Gasteiger charge is 2.35. The van der Waals surface area contributed by atoms with E-state index in [9.17, 15) is 18.0 Å². The molecule has 12 heteroatoms. The van der Waals surface area contributed by atoms with Crippen LogP contribution < -0.4 is 10.6 Å². The van der Waals surface area contributed by atoms with Gasteiger partial charge in [0.25, 0.3) is 11.8 Å². The van der Waals surface area contributed by atoms with Gasteiger partial charge in [0, 0.05) is 16.5 Å². The van der Waals surface area contributed by atoms with Crippen LogP contribution >= 0.6 is 11.3 Å². The minimum Gasteiger partial charge on any atom is -0.402 e. The summed E-state index contributed by atoms with van der Waals surface area (Å²) in [5.74, 6) is -0.685. The maximum Gasteiger partial charge on any atom is 0.443 e. The second-order valence-electron chi connectivity index (χ2n) is 6.87. The molecule has 1 aliphatic rings. The number of anilines is 2. The number of fused-ring (bicyclic) bond motifs is 1. The number of alkyl halides is 3. The van der Waals surface area contributed by atoms with Gasteiger partial charge in [0.15, 0.2) is 5.01 Å². The number of hydrogen-bond donors (Lipinski definition) is 2. The number of carbonyl (C=O) groups is 1. The fraction of sp³-hybridized carbons (Fsp3) is 0.0952. The molecule has 0 aliphatic carbocycles. The lowest BCUT2D eigenvalue weighted by atomic mass is 10.0. The average Bonchev–Trinajstić information content (AvgIpc) is 3.45. The largest absolute Gasteiger partial charge is 0.443 e. The summed E-state index contributed by atoms with van der Waals surface area (Å²) in [6.45, 7) is 0. The van der Waals surface area contributed by atoms with E-state index in [2.05, 4.69) is 30.8 Å². The highest BCUT2D eigenvalue weighted by Crippen LogP contribution is 2.34. The first-order valence-electron chi connectivity index (χ1n) is 9.55. The van der Waals surface area contributed by atoms with Crippen LogP contribution in [0.4, 0.5) is 24.9 Å². The van der Waals surface area contributed by atoms with E-state index in [0.717, 1.165) is 11.1 Å². The topological polar surface area (TPSA) is 105 Å². The molecule has 1 unspecified atom stereocenters. The van der Waals surface area contributed by atoms with Crippen molar-refractivity contribution in [3.8, 4) is 11.6 Å². The minimum atomic E-state index is -4.57. The first-order chi connectivity index (χ1) is 15.9. The van der Waals surface area contributed by atoms with Gasteiger partial charge in [-0.25, -0.2) is 9.98 Å². The summed E-state index contributed by atoms with van der Waals surface area (Å²) in [6, 6.07) is 16.4. The van der Waals surface area contributed by atoms with Crippen molar-refractivity contribution in [2.45, 2.75) is 12.3 Å². The van der Waals surface area contributed by atoms with E-state index in [1.807, 2.05) is 42.5 Å². The molecule has 1 aliphatic heterocycles. The molecule has 1 amide bonds. The molecule has 0 fully saturated rings. The van der Waals surface area contributed by atoms with Crippen LogP contribution in [0.3, 0.4) is 0 Å². The Balaban J connectivity index is 1.46. The van der Waals surface area contributed by atoms with Crippen molar-refractivity contribution in [2.24, 2.45) is 4.99 Å². The Hall–Kier alpha value is -4.06. The van der Waals surface area contributed by atoms with Crippen molar-refractivity contribution in [1.82, 2.24) is 15.2 Å². The van der Waals surface area contributed by atoms with Crippen molar-refractivity contribution >= 4 is 34.7 Å². The van der Waals surface area contributed by atoms with Gasteiger partial charge in [-0.1, -0.05) is 53.6 Å². The first kappa shape index (κ1) is 20.8. The SMILES string of the molecule is O=C1Nc2ccccc2C(c2ccccc2)=NC1Nc1nnc(-c2csc(C(F)(F)F)n2)o1. The molecule has 166 valence electrons. The van der Waals surface area contributed by atoms with E-state index < -0.39 is 23.3 Å². The Morgan fingerprint density at radius 1 is 1.03 bits per heavy atom. The van der Waals surface area contributed by atoms with E-state index in [1.165, 1.54) is 5.38 Å². The van der Waals surface area contributed by atoms with Crippen molar-refractivity contribution in [2.75, 3.05) is 10.6 Å². The first-order valence-corrected chi connectivity index (χ1v) is 10.4. The second kappa shape index (κ2) is 8.13. The highest BCUT2D eigenvalue weighted by molar-refractivity contribution is 7.10. The van der Waals surface area contributed by atoms with E-state index in [4.69, 9.17) is 4.42 Å². The van der Waals surface area contributed by atoms with Crippen LogP contribution in [-0.4, -0.2) is 33.0 Å². The number of halogens is 3. The lowest BCUT2D eigenvalue weighted by Gasteiger charge is -2.11. The lowest BCUT2D eigenvalue weighted by molar-refractivity contribution is -0.137. The Kier molecular flexibility index (Phi) is 5.13. The van der Waals surface area contributed by atoms with Crippen molar-refractivity contribution in [3.63, 3.8) is 0 Å². The molecule has 0 saturated heterocycles. The molecule has 2 aromatic heterocycles. The summed E-state index contributed by atoms with van der Waals surface area (Å²) < 4.78 is 43.8. The summed E-state index contributed by atoms with van der Waals surface area (Å²) in [6.07, 6.45) is -5.71. The number of thiazole rings is 1. The standard InChI is InChI=1S/C21H13F3N6O2S/c22-21(23,24)19-26-14(10-33-19)18-29-30-20(32-18)28-16-17(31)25-13-9-5-4-8-12(13)15(27-16)11-6-2-1-3-7-11/h1-10,16H,(H,25,31)(H,28,30). The van der Waals surface area contributed by atoms with Gasteiger partial charge in [-0.05, 0) is 6.07 Å². The molecule has 8 nitrogen and oxygen atoms in total. The second-order valence-corrected chi connectivity index (χ2v) is 7.73. The Morgan fingerprint density at radius 3 is 2.55 bits per heavy atom. The number of aromatic nitrogens is 3. The summed E-state index contributed by atoms with van der Waals surface area (Å²) in [5, 5.41) is 13.2. The molecule has 4 aromatic rings. The number of carbonyl (C=O) groups excluding carboxylic acids is 1. The number of hydrogen-bond acceptors (Lipinski definition) is 8. The number of benzodiazepines with no additional fused rings is 1. The fourth-order valence-corrected chi connectivity index (χ4v) is 3.85. The number of aliphatic imine (C=N–C) groups is 1. The molecule has 33 heavy (non-hydrogen) atoms. The van der Waals surface area contributed by atoms with Crippen LogP contribution in [0.1, 0.15) is 16.1 Å². The summed E-state index contributed by atoms with van der Waals surface area (Å²) in [4.78, 5) is 20.9. The quantitative estimate of drug-likeness (QED) is 0.457. The number of benzene rings is 2. The third-order valence-corrected chi connectivity index (χ3v) is 5.53. The molecule has 3 heterocycles. The Bertz CT molecular complexity index is 1350. The molecular weight excluding hydrogens is 457 g/mol. The number of amides is 1. The smallest absolute Gasteiger partial charge is 0.402 e. The molecule has 2 aromatic carbocycles.